The highest BCUT2D eigenvalue weighted by atomic mass is 16.5. The number of hydrogen-bond acceptors (Lipinski definition) is 5. The van der Waals surface area contributed by atoms with Crippen molar-refractivity contribution in [2.75, 3.05) is 5.32 Å². The SMILES string of the molecule is NC1CCCC(C(=O)Nc2cccc(Oc3cnccn3)c2)C1. The first kappa shape index (κ1) is 15.4. The summed E-state index contributed by atoms with van der Waals surface area (Å²) in [5, 5.41) is 2.95. The Morgan fingerprint density at radius 1 is 1.30 bits per heavy atom. The van der Waals surface area contributed by atoms with E-state index in [1.807, 2.05) is 12.1 Å². The number of carbonyl (C=O) groups excluding carboxylic acids is 1. The Balaban J connectivity index is 1.64. The standard InChI is InChI=1S/C17H20N4O2/c18-13-4-1-3-12(9-13)17(22)21-14-5-2-6-15(10-14)23-16-11-19-7-8-20-16/h2,5-8,10-13H,1,3-4,9,18H2,(H,21,22). The molecule has 2 aromatic rings. The first-order valence-electron chi connectivity index (χ1n) is 7.81. The maximum Gasteiger partial charge on any atom is 0.237 e. The normalized spacial score (nSPS) is 20.7. The van der Waals surface area contributed by atoms with Crippen molar-refractivity contribution in [3.63, 3.8) is 0 Å². The lowest BCUT2D eigenvalue weighted by molar-refractivity contribution is -0.120. The van der Waals surface area contributed by atoms with Crippen molar-refractivity contribution in [2.24, 2.45) is 11.7 Å². The van der Waals surface area contributed by atoms with Crippen molar-refractivity contribution in [1.82, 2.24) is 9.97 Å². The van der Waals surface area contributed by atoms with E-state index < -0.39 is 0 Å². The number of nitrogens with zero attached hydrogens (tertiary/aromatic N) is 2. The van der Waals surface area contributed by atoms with Crippen molar-refractivity contribution in [3.8, 4) is 11.6 Å². The molecule has 3 rings (SSSR count). The molecule has 0 bridgehead atoms. The predicted molar refractivity (Wildman–Crippen MR) is 87.1 cm³/mol. The third-order valence-corrected chi connectivity index (χ3v) is 3.95. The molecule has 0 saturated heterocycles. The highest BCUT2D eigenvalue weighted by molar-refractivity contribution is 5.92. The summed E-state index contributed by atoms with van der Waals surface area (Å²) in [5.74, 6) is 1.03. The zero-order valence-corrected chi connectivity index (χ0v) is 12.8. The second-order valence-corrected chi connectivity index (χ2v) is 5.79. The van der Waals surface area contributed by atoms with Crippen LogP contribution in [0.25, 0.3) is 0 Å². The van der Waals surface area contributed by atoms with E-state index in [0.717, 1.165) is 25.7 Å². The molecule has 1 saturated carbocycles. The zero-order chi connectivity index (χ0) is 16.1. The molecule has 2 unspecified atom stereocenters. The van der Waals surface area contributed by atoms with Gasteiger partial charge in [0.2, 0.25) is 11.8 Å². The first-order valence-corrected chi connectivity index (χ1v) is 7.81. The van der Waals surface area contributed by atoms with E-state index in [0.29, 0.717) is 17.3 Å². The molecule has 1 amide bonds. The van der Waals surface area contributed by atoms with Crippen molar-refractivity contribution in [3.05, 3.63) is 42.9 Å². The third kappa shape index (κ3) is 4.26. The van der Waals surface area contributed by atoms with Gasteiger partial charge in [-0.05, 0) is 31.4 Å². The lowest BCUT2D eigenvalue weighted by Crippen LogP contribution is -2.34. The van der Waals surface area contributed by atoms with Gasteiger partial charge < -0.3 is 15.8 Å². The largest absolute Gasteiger partial charge is 0.437 e. The van der Waals surface area contributed by atoms with Crippen molar-refractivity contribution >= 4 is 11.6 Å². The molecule has 6 heteroatoms. The van der Waals surface area contributed by atoms with Crippen LogP contribution in [-0.4, -0.2) is 21.9 Å². The number of hydrogen-bond donors (Lipinski definition) is 2. The van der Waals surface area contributed by atoms with E-state index in [4.69, 9.17) is 10.5 Å². The summed E-state index contributed by atoms with van der Waals surface area (Å²) < 4.78 is 5.62. The van der Waals surface area contributed by atoms with Crippen LogP contribution < -0.4 is 15.8 Å². The van der Waals surface area contributed by atoms with Gasteiger partial charge in [-0.1, -0.05) is 12.5 Å². The number of carbonyl (C=O) groups is 1. The summed E-state index contributed by atoms with van der Waals surface area (Å²) in [4.78, 5) is 20.4. The van der Waals surface area contributed by atoms with Crippen LogP contribution >= 0.6 is 0 Å². The van der Waals surface area contributed by atoms with Gasteiger partial charge in [0.25, 0.3) is 0 Å². The van der Waals surface area contributed by atoms with E-state index >= 15 is 0 Å². The molecule has 2 atom stereocenters. The number of aromatic nitrogens is 2. The minimum absolute atomic E-state index is 0.0108. The van der Waals surface area contributed by atoms with Gasteiger partial charge in [0.15, 0.2) is 0 Å². The number of nitrogens with two attached hydrogens (primary N) is 1. The molecule has 1 fully saturated rings. The van der Waals surface area contributed by atoms with Gasteiger partial charge in [0.1, 0.15) is 5.75 Å². The van der Waals surface area contributed by atoms with Gasteiger partial charge in [-0.2, -0.15) is 0 Å². The average Bonchev–Trinajstić information content (AvgIpc) is 2.56. The molecule has 1 aliphatic rings. The minimum Gasteiger partial charge on any atom is -0.437 e. The summed E-state index contributed by atoms with van der Waals surface area (Å²) in [5.41, 5.74) is 6.66. The van der Waals surface area contributed by atoms with E-state index in [-0.39, 0.29) is 17.9 Å². The number of nitrogens with one attached hydrogen (secondary N) is 1. The Morgan fingerprint density at radius 2 is 2.22 bits per heavy atom. The molecule has 3 N–H and O–H groups in total. The van der Waals surface area contributed by atoms with Gasteiger partial charge in [-0.15, -0.1) is 0 Å². The van der Waals surface area contributed by atoms with Crippen LogP contribution in [0, 0.1) is 5.92 Å². The highest BCUT2D eigenvalue weighted by Crippen LogP contribution is 2.26. The maximum atomic E-state index is 12.4. The molecule has 0 aliphatic heterocycles. The number of ether oxygens (including phenoxy) is 1. The monoisotopic (exact) mass is 312 g/mol. The van der Waals surface area contributed by atoms with E-state index in [1.54, 1.807) is 24.5 Å². The Bertz CT molecular complexity index is 663. The smallest absolute Gasteiger partial charge is 0.237 e. The molecule has 1 aliphatic carbocycles. The number of anilines is 1. The predicted octanol–water partition coefficient (Wildman–Crippen LogP) is 2.72. The summed E-state index contributed by atoms with van der Waals surface area (Å²) in [6, 6.07) is 7.37. The zero-order valence-electron chi connectivity index (χ0n) is 12.8. The van der Waals surface area contributed by atoms with Crippen LogP contribution in [0.5, 0.6) is 11.6 Å². The Labute approximate surface area is 135 Å². The molecule has 120 valence electrons. The Morgan fingerprint density at radius 3 is 3.00 bits per heavy atom. The first-order chi connectivity index (χ1) is 11.2. The summed E-state index contributed by atoms with van der Waals surface area (Å²) in [7, 11) is 0. The maximum absolute atomic E-state index is 12.4. The number of benzene rings is 1. The van der Waals surface area contributed by atoms with Gasteiger partial charge >= 0.3 is 0 Å². The fraction of sp³-hybridized carbons (Fsp3) is 0.353. The lowest BCUT2D eigenvalue weighted by atomic mass is 9.85. The van der Waals surface area contributed by atoms with Crippen LogP contribution in [0.2, 0.25) is 0 Å². The molecule has 23 heavy (non-hydrogen) atoms. The topological polar surface area (TPSA) is 90.1 Å². The number of amides is 1. The Hall–Kier alpha value is -2.47. The van der Waals surface area contributed by atoms with Crippen molar-refractivity contribution in [2.45, 2.75) is 31.7 Å². The van der Waals surface area contributed by atoms with Gasteiger partial charge in [-0.3, -0.25) is 9.78 Å². The van der Waals surface area contributed by atoms with E-state index in [9.17, 15) is 4.79 Å². The molecule has 1 heterocycles. The summed E-state index contributed by atoms with van der Waals surface area (Å²) >= 11 is 0. The van der Waals surface area contributed by atoms with Crippen LogP contribution in [-0.2, 0) is 4.79 Å². The number of rotatable bonds is 4. The second kappa shape index (κ2) is 7.19. The van der Waals surface area contributed by atoms with E-state index in [1.165, 1.54) is 6.20 Å². The average molecular weight is 312 g/mol. The summed E-state index contributed by atoms with van der Waals surface area (Å²) in [6.45, 7) is 0. The van der Waals surface area contributed by atoms with Gasteiger partial charge in [0.05, 0.1) is 6.20 Å². The quantitative estimate of drug-likeness (QED) is 0.906. The Kier molecular flexibility index (Phi) is 4.83. The molecule has 6 nitrogen and oxygen atoms in total. The molecule has 0 radical (unpaired) electrons. The third-order valence-electron chi connectivity index (χ3n) is 3.95. The minimum atomic E-state index is -0.0108. The van der Waals surface area contributed by atoms with Crippen LogP contribution in [0.15, 0.2) is 42.9 Å². The van der Waals surface area contributed by atoms with Gasteiger partial charge in [0, 0.05) is 36.1 Å². The molecular weight excluding hydrogens is 292 g/mol. The molecule has 1 aromatic heterocycles. The van der Waals surface area contributed by atoms with Gasteiger partial charge in [-0.25, -0.2) is 4.98 Å². The summed E-state index contributed by atoms with van der Waals surface area (Å²) in [6.07, 6.45) is 8.34. The van der Waals surface area contributed by atoms with Crippen LogP contribution in [0.3, 0.4) is 0 Å². The molecule has 0 spiro atoms. The second-order valence-electron chi connectivity index (χ2n) is 5.79. The van der Waals surface area contributed by atoms with Crippen LogP contribution in [0.4, 0.5) is 5.69 Å². The highest BCUT2D eigenvalue weighted by Gasteiger charge is 2.25. The molecular formula is C17H20N4O2. The molecule has 1 aromatic carbocycles. The lowest BCUT2D eigenvalue weighted by Gasteiger charge is -2.25. The van der Waals surface area contributed by atoms with Crippen molar-refractivity contribution in [1.29, 1.82) is 0 Å². The van der Waals surface area contributed by atoms with Crippen molar-refractivity contribution < 1.29 is 9.53 Å². The fourth-order valence-corrected chi connectivity index (χ4v) is 2.81. The van der Waals surface area contributed by atoms with E-state index in [2.05, 4.69) is 15.3 Å². The van der Waals surface area contributed by atoms with Crippen LogP contribution in [0.1, 0.15) is 25.7 Å². The fourth-order valence-electron chi connectivity index (χ4n) is 2.81.